The number of fused-ring (bicyclic) bond motifs is 1. The maximum atomic E-state index is 12.1. The number of nitrogens with zero attached hydrogens (tertiary/aromatic N) is 2. The topological polar surface area (TPSA) is 72.4 Å². The van der Waals surface area contributed by atoms with Crippen molar-refractivity contribution >= 4 is 28.2 Å². The van der Waals surface area contributed by atoms with E-state index in [0.717, 1.165) is 22.2 Å². The Morgan fingerprint density at radius 2 is 1.87 bits per heavy atom. The van der Waals surface area contributed by atoms with E-state index in [1.165, 1.54) is 0 Å². The standard InChI is InChI=1S/C18H18N4O/c1-13(14-6-8-16(19)9-7-14)20-21-18(23)12-22-11-10-15-4-2-3-5-17(15)22/h2-11H,12,19H2,1H3,(H,21,23)/b20-13+. The Bertz CT molecular complexity index is 862. The Balaban J connectivity index is 1.67. The monoisotopic (exact) mass is 306 g/mol. The van der Waals surface area contributed by atoms with Gasteiger partial charge in [0.2, 0.25) is 0 Å². The van der Waals surface area contributed by atoms with Crippen LogP contribution in [0, 0.1) is 0 Å². The highest BCUT2D eigenvalue weighted by Crippen LogP contribution is 2.14. The van der Waals surface area contributed by atoms with Gasteiger partial charge < -0.3 is 10.3 Å². The fourth-order valence-electron chi connectivity index (χ4n) is 2.40. The van der Waals surface area contributed by atoms with E-state index in [1.54, 1.807) is 0 Å². The molecule has 23 heavy (non-hydrogen) atoms. The van der Waals surface area contributed by atoms with Crippen LogP contribution in [0.5, 0.6) is 0 Å². The molecule has 0 saturated heterocycles. The lowest BCUT2D eigenvalue weighted by Gasteiger charge is -2.06. The predicted molar refractivity (Wildman–Crippen MR) is 93.1 cm³/mol. The van der Waals surface area contributed by atoms with Crippen LogP contribution in [-0.2, 0) is 11.3 Å². The first kappa shape index (κ1) is 14.8. The molecule has 0 aliphatic heterocycles. The summed E-state index contributed by atoms with van der Waals surface area (Å²) in [5, 5.41) is 5.26. The molecule has 0 aliphatic carbocycles. The van der Waals surface area contributed by atoms with Gasteiger partial charge in [0, 0.05) is 17.4 Å². The number of nitrogen functional groups attached to an aromatic ring is 1. The normalized spacial score (nSPS) is 11.6. The first-order valence-electron chi connectivity index (χ1n) is 7.36. The number of amides is 1. The summed E-state index contributed by atoms with van der Waals surface area (Å²) in [6, 6.07) is 17.3. The summed E-state index contributed by atoms with van der Waals surface area (Å²) in [5.74, 6) is -0.166. The third-order valence-electron chi connectivity index (χ3n) is 3.67. The van der Waals surface area contributed by atoms with Crippen molar-refractivity contribution in [3.05, 3.63) is 66.4 Å². The number of benzene rings is 2. The molecule has 5 nitrogen and oxygen atoms in total. The molecule has 1 aromatic heterocycles. The smallest absolute Gasteiger partial charge is 0.259 e. The van der Waals surface area contributed by atoms with Crippen molar-refractivity contribution in [1.82, 2.24) is 9.99 Å². The van der Waals surface area contributed by atoms with E-state index in [-0.39, 0.29) is 12.5 Å². The fourth-order valence-corrected chi connectivity index (χ4v) is 2.40. The van der Waals surface area contributed by atoms with Crippen molar-refractivity contribution in [2.24, 2.45) is 5.10 Å². The molecular weight excluding hydrogens is 288 g/mol. The third-order valence-corrected chi connectivity index (χ3v) is 3.67. The Kier molecular flexibility index (Phi) is 4.10. The van der Waals surface area contributed by atoms with Gasteiger partial charge in [0.1, 0.15) is 6.54 Å². The van der Waals surface area contributed by atoms with Crippen LogP contribution in [-0.4, -0.2) is 16.2 Å². The zero-order chi connectivity index (χ0) is 16.2. The second kappa shape index (κ2) is 6.36. The number of nitrogens with two attached hydrogens (primary N) is 1. The molecule has 5 heteroatoms. The maximum Gasteiger partial charge on any atom is 0.259 e. The van der Waals surface area contributed by atoms with E-state index >= 15 is 0 Å². The molecule has 0 fully saturated rings. The van der Waals surface area contributed by atoms with Gasteiger partial charge in [-0.2, -0.15) is 5.10 Å². The molecule has 2 aromatic carbocycles. The highest BCUT2D eigenvalue weighted by atomic mass is 16.2. The minimum absolute atomic E-state index is 0.166. The molecule has 0 unspecified atom stereocenters. The summed E-state index contributed by atoms with van der Waals surface area (Å²) in [6.07, 6.45) is 1.90. The van der Waals surface area contributed by atoms with E-state index in [1.807, 2.05) is 72.3 Å². The van der Waals surface area contributed by atoms with Crippen LogP contribution in [0.1, 0.15) is 12.5 Å². The lowest BCUT2D eigenvalue weighted by atomic mass is 10.1. The van der Waals surface area contributed by atoms with Crippen LogP contribution < -0.4 is 11.2 Å². The molecule has 116 valence electrons. The zero-order valence-electron chi connectivity index (χ0n) is 12.9. The highest BCUT2D eigenvalue weighted by Gasteiger charge is 2.05. The molecule has 1 heterocycles. The Hall–Kier alpha value is -3.08. The first-order valence-corrected chi connectivity index (χ1v) is 7.36. The Morgan fingerprint density at radius 3 is 2.65 bits per heavy atom. The van der Waals surface area contributed by atoms with Gasteiger partial charge >= 0.3 is 0 Å². The SMILES string of the molecule is C/C(=N\NC(=O)Cn1ccc2ccccc21)c1ccc(N)cc1. The average molecular weight is 306 g/mol. The molecule has 0 spiro atoms. The number of aromatic nitrogens is 1. The number of rotatable bonds is 4. The number of para-hydroxylation sites is 1. The van der Waals surface area contributed by atoms with Crippen molar-refractivity contribution in [1.29, 1.82) is 0 Å². The summed E-state index contributed by atoms with van der Waals surface area (Å²) in [4.78, 5) is 12.1. The lowest BCUT2D eigenvalue weighted by Crippen LogP contribution is -2.23. The predicted octanol–water partition coefficient (Wildman–Crippen LogP) is 2.76. The van der Waals surface area contributed by atoms with Crippen molar-refractivity contribution in [3.8, 4) is 0 Å². The molecule has 3 aromatic rings. The second-order valence-electron chi connectivity index (χ2n) is 5.36. The summed E-state index contributed by atoms with van der Waals surface area (Å²) in [7, 11) is 0. The number of hydrogen-bond donors (Lipinski definition) is 2. The molecular formula is C18H18N4O. The molecule has 1 amide bonds. The number of nitrogens with one attached hydrogen (secondary N) is 1. The average Bonchev–Trinajstić information content (AvgIpc) is 2.96. The van der Waals surface area contributed by atoms with E-state index in [4.69, 9.17) is 5.73 Å². The Labute approximate surface area is 134 Å². The minimum Gasteiger partial charge on any atom is -0.399 e. The molecule has 0 atom stereocenters. The van der Waals surface area contributed by atoms with Crippen LogP contribution in [0.2, 0.25) is 0 Å². The number of hydrazone groups is 1. The fraction of sp³-hybridized carbons (Fsp3) is 0.111. The van der Waals surface area contributed by atoms with Crippen molar-refractivity contribution in [3.63, 3.8) is 0 Å². The molecule has 0 bridgehead atoms. The largest absolute Gasteiger partial charge is 0.399 e. The summed E-state index contributed by atoms with van der Waals surface area (Å²) in [5.41, 5.74) is 11.6. The van der Waals surface area contributed by atoms with Crippen molar-refractivity contribution < 1.29 is 4.79 Å². The number of anilines is 1. The van der Waals surface area contributed by atoms with E-state index in [9.17, 15) is 4.79 Å². The summed E-state index contributed by atoms with van der Waals surface area (Å²) >= 11 is 0. The second-order valence-corrected chi connectivity index (χ2v) is 5.36. The molecule has 0 aliphatic rings. The van der Waals surface area contributed by atoms with Gasteiger partial charge in [0.15, 0.2) is 0 Å². The number of carbonyl (C=O) groups excluding carboxylic acids is 1. The van der Waals surface area contributed by atoms with Crippen molar-refractivity contribution in [2.75, 3.05) is 5.73 Å². The van der Waals surface area contributed by atoms with E-state index < -0.39 is 0 Å². The van der Waals surface area contributed by atoms with Crippen LogP contribution >= 0.6 is 0 Å². The van der Waals surface area contributed by atoms with Crippen LogP contribution in [0.4, 0.5) is 5.69 Å². The third kappa shape index (κ3) is 3.40. The highest BCUT2D eigenvalue weighted by molar-refractivity contribution is 5.99. The number of carbonyl (C=O) groups is 1. The Morgan fingerprint density at radius 1 is 1.13 bits per heavy atom. The summed E-state index contributed by atoms with van der Waals surface area (Å²) in [6.45, 7) is 2.07. The molecule has 3 rings (SSSR count). The van der Waals surface area contributed by atoms with E-state index in [2.05, 4.69) is 10.5 Å². The van der Waals surface area contributed by atoms with Gasteiger partial charge in [-0.15, -0.1) is 0 Å². The van der Waals surface area contributed by atoms with Gasteiger partial charge in [0.05, 0.1) is 5.71 Å². The lowest BCUT2D eigenvalue weighted by molar-refractivity contribution is -0.121. The van der Waals surface area contributed by atoms with Crippen LogP contribution in [0.15, 0.2) is 65.9 Å². The van der Waals surface area contributed by atoms with E-state index in [0.29, 0.717) is 5.69 Å². The van der Waals surface area contributed by atoms with Gasteiger partial charge in [0.25, 0.3) is 5.91 Å². The number of hydrogen-bond acceptors (Lipinski definition) is 3. The van der Waals surface area contributed by atoms with Gasteiger partial charge in [-0.1, -0.05) is 30.3 Å². The zero-order valence-corrected chi connectivity index (χ0v) is 12.9. The summed E-state index contributed by atoms with van der Waals surface area (Å²) < 4.78 is 1.90. The first-order chi connectivity index (χ1) is 11.1. The van der Waals surface area contributed by atoms with Gasteiger partial charge in [-0.25, -0.2) is 5.43 Å². The van der Waals surface area contributed by atoms with Gasteiger partial charge in [-0.05, 0) is 42.1 Å². The van der Waals surface area contributed by atoms with Crippen LogP contribution in [0.3, 0.4) is 0 Å². The molecule has 0 saturated carbocycles. The van der Waals surface area contributed by atoms with Gasteiger partial charge in [-0.3, -0.25) is 4.79 Å². The quantitative estimate of drug-likeness (QED) is 0.442. The molecule has 0 radical (unpaired) electrons. The molecule has 3 N–H and O–H groups in total. The van der Waals surface area contributed by atoms with Crippen molar-refractivity contribution in [2.45, 2.75) is 13.5 Å². The maximum absolute atomic E-state index is 12.1. The van der Waals surface area contributed by atoms with Crippen LogP contribution in [0.25, 0.3) is 10.9 Å². The minimum atomic E-state index is -0.166.